The molecule has 1 saturated heterocycles. The number of morpholine rings is 1. The average Bonchev–Trinajstić information content (AvgIpc) is 3.03. The molecule has 2 aromatic rings. The highest BCUT2D eigenvalue weighted by Gasteiger charge is 2.36. The monoisotopic (exact) mass is 332 g/mol. The minimum Gasteiger partial charge on any atom is -0.370 e. The molecule has 0 unspecified atom stereocenters. The lowest BCUT2D eigenvalue weighted by Crippen LogP contribution is -2.55. The minimum absolute atomic E-state index is 0.0152. The number of hydrogen-bond acceptors (Lipinski definition) is 6. The lowest BCUT2D eigenvalue weighted by molar-refractivity contribution is -0.128. The summed E-state index contributed by atoms with van der Waals surface area (Å²) in [5.74, 6) is -0.0801. The van der Waals surface area contributed by atoms with Crippen molar-refractivity contribution in [2.24, 2.45) is 0 Å². The lowest BCUT2D eigenvalue weighted by atomic mass is 9.98. The van der Waals surface area contributed by atoms with Gasteiger partial charge in [0.05, 0.1) is 19.3 Å². The second kappa shape index (κ2) is 6.74. The van der Waals surface area contributed by atoms with Crippen molar-refractivity contribution in [3.8, 4) is 0 Å². The summed E-state index contributed by atoms with van der Waals surface area (Å²) in [7, 11) is 0. The Morgan fingerprint density at radius 3 is 2.91 bits per heavy atom. The number of hydrogen-bond donors (Lipinski definition) is 1. The van der Waals surface area contributed by atoms with E-state index in [9.17, 15) is 4.79 Å². The second-order valence-electron chi connectivity index (χ2n) is 6.20. The second-order valence-corrected chi connectivity index (χ2v) is 7.03. The Morgan fingerprint density at radius 2 is 2.22 bits per heavy atom. The number of anilines is 1. The largest absolute Gasteiger partial charge is 0.370 e. The Hall–Kier alpha value is -1.83. The zero-order valence-electron chi connectivity index (χ0n) is 13.2. The predicted octanol–water partition coefficient (Wildman–Crippen LogP) is 2.33. The molecule has 1 aromatic heterocycles. The van der Waals surface area contributed by atoms with E-state index in [0.717, 1.165) is 5.56 Å². The average molecular weight is 332 g/mol. The molecule has 1 amide bonds. The topological polar surface area (TPSA) is 67.3 Å². The Bertz CT molecular complexity index is 645. The molecule has 1 aliphatic rings. The molecule has 122 valence electrons. The third-order valence-electron chi connectivity index (χ3n) is 3.99. The molecule has 1 fully saturated rings. The highest BCUT2D eigenvalue weighted by molar-refractivity contribution is 7.13. The molecule has 1 aromatic carbocycles. The number of rotatable bonds is 4. The van der Waals surface area contributed by atoms with Crippen molar-refractivity contribution in [3.63, 3.8) is 0 Å². The number of ether oxygens (including phenoxy) is 1. The van der Waals surface area contributed by atoms with Crippen LogP contribution in [0.5, 0.6) is 0 Å². The predicted molar refractivity (Wildman–Crippen MR) is 89.3 cm³/mol. The van der Waals surface area contributed by atoms with E-state index in [-0.39, 0.29) is 17.6 Å². The SMILES string of the molecule is CC1(C)CO[C@@H](c2ccccc2)CN1CC(=O)Nc1nncs1. The Kier molecular flexibility index (Phi) is 4.70. The van der Waals surface area contributed by atoms with Gasteiger partial charge in [0.2, 0.25) is 11.0 Å². The number of carbonyl (C=O) groups excluding carboxylic acids is 1. The first-order chi connectivity index (χ1) is 11.0. The Morgan fingerprint density at radius 1 is 1.43 bits per heavy atom. The third kappa shape index (κ3) is 3.93. The lowest BCUT2D eigenvalue weighted by Gasteiger charge is -2.45. The molecule has 2 heterocycles. The van der Waals surface area contributed by atoms with Gasteiger partial charge in [-0.3, -0.25) is 15.0 Å². The zero-order chi connectivity index (χ0) is 16.3. The smallest absolute Gasteiger partial charge is 0.240 e. The molecule has 23 heavy (non-hydrogen) atoms. The quantitative estimate of drug-likeness (QED) is 0.931. The van der Waals surface area contributed by atoms with Gasteiger partial charge in [-0.25, -0.2) is 0 Å². The van der Waals surface area contributed by atoms with Gasteiger partial charge in [0.15, 0.2) is 0 Å². The number of nitrogens with zero attached hydrogens (tertiary/aromatic N) is 3. The van der Waals surface area contributed by atoms with Crippen LogP contribution in [0.1, 0.15) is 25.5 Å². The summed E-state index contributed by atoms with van der Waals surface area (Å²) >= 11 is 1.31. The van der Waals surface area contributed by atoms with Crippen LogP contribution in [0, 0.1) is 0 Å². The van der Waals surface area contributed by atoms with Gasteiger partial charge in [0.1, 0.15) is 5.51 Å². The molecule has 0 saturated carbocycles. The van der Waals surface area contributed by atoms with Crippen LogP contribution in [-0.4, -0.2) is 46.2 Å². The van der Waals surface area contributed by atoms with Gasteiger partial charge >= 0.3 is 0 Å². The number of nitrogens with one attached hydrogen (secondary N) is 1. The molecular weight excluding hydrogens is 312 g/mol. The van der Waals surface area contributed by atoms with Crippen molar-refractivity contribution in [1.29, 1.82) is 0 Å². The fourth-order valence-electron chi connectivity index (χ4n) is 2.60. The van der Waals surface area contributed by atoms with E-state index in [0.29, 0.717) is 24.8 Å². The summed E-state index contributed by atoms with van der Waals surface area (Å²) in [6.07, 6.45) is -0.0152. The van der Waals surface area contributed by atoms with Gasteiger partial charge < -0.3 is 4.74 Å². The van der Waals surface area contributed by atoms with E-state index >= 15 is 0 Å². The first-order valence-corrected chi connectivity index (χ1v) is 8.40. The van der Waals surface area contributed by atoms with Crippen molar-refractivity contribution in [1.82, 2.24) is 15.1 Å². The van der Waals surface area contributed by atoms with E-state index in [1.165, 1.54) is 11.3 Å². The van der Waals surface area contributed by atoms with Crippen LogP contribution in [0.2, 0.25) is 0 Å². The third-order valence-corrected chi connectivity index (χ3v) is 4.60. The first-order valence-electron chi connectivity index (χ1n) is 7.52. The van der Waals surface area contributed by atoms with Crippen molar-refractivity contribution >= 4 is 22.4 Å². The molecule has 7 heteroatoms. The zero-order valence-corrected chi connectivity index (χ0v) is 14.0. The number of amides is 1. The highest BCUT2D eigenvalue weighted by Crippen LogP contribution is 2.30. The van der Waals surface area contributed by atoms with Crippen LogP contribution in [0.25, 0.3) is 0 Å². The van der Waals surface area contributed by atoms with Crippen LogP contribution >= 0.6 is 11.3 Å². The van der Waals surface area contributed by atoms with Gasteiger partial charge in [0, 0.05) is 12.1 Å². The van der Waals surface area contributed by atoms with Crippen molar-refractivity contribution in [3.05, 3.63) is 41.4 Å². The summed E-state index contributed by atoms with van der Waals surface area (Å²) in [5.41, 5.74) is 2.54. The van der Waals surface area contributed by atoms with Crippen LogP contribution in [0.15, 0.2) is 35.8 Å². The van der Waals surface area contributed by atoms with Crippen LogP contribution in [-0.2, 0) is 9.53 Å². The van der Waals surface area contributed by atoms with Gasteiger partial charge in [-0.15, -0.1) is 10.2 Å². The van der Waals surface area contributed by atoms with Crippen LogP contribution in [0.3, 0.4) is 0 Å². The fourth-order valence-corrected chi connectivity index (χ4v) is 3.06. The number of benzene rings is 1. The molecule has 0 spiro atoms. The van der Waals surface area contributed by atoms with E-state index in [1.54, 1.807) is 5.51 Å². The summed E-state index contributed by atoms with van der Waals surface area (Å²) in [5, 5.41) is 10.9. The number of carbonyl (C=O) groups is 1. The Labute approximate surface area is 139 Å². The fraction of sp³-hybridized carbons (Fsp3) is 0.438. The standard InChI is InChI=1S/C16H20N4O2S/c1-16(2)10-22-13(12-6-4-3-5-7-12)8-20(16)9-14(21)18-15-19-17-11-23-15/h3-7,11,13H,8-10H2,1-2H3,(H,18,19,21)/t13-/m1/s1. The van der Waals surface area contributed by atoms with Gasteiger partial charge in [0.25, 0.3) is 0 Å². The minimum atomic E-state index is -0.191. The summed E-state index contributed by atoms with van der Waals surface area (Å²) in [4.78, 5) is 14.4. The van der Waals surface area contributed by atoms with E-state index < -0.39 is 0 Å². The molecule has 0 aliphatic carbocycles. The molecular formula is C16H20N4O2S. The van der Waals surface area contributed by atoms with Crippen molar-refractivity contribution in [2.75, 3.05) is 25.0 Å². The maximum Gasteiger partial charge on any atom is 0.240 e. The normalized spacial score (nSPS) is 21.0. The van der Waals surface area contributed by atoms with E-state index in [1.807, 2.05) is 18.2 Å². The molecule has 3 rings (SSSR count). The molecule has 1 N–H and O–H groups in total. The maximum absolute atomic E-state index is 12.3. The van der Waals surface area contributed by atoms with Crippen molar-refractivity contribution in [2.45, 2.75) is 25.5 Å². The van der Waals surface area contributed by atoms with Crippen molar-refractivity contribution < 1.29 is 9.53 Å². The van der Waals surface area contributed by atoms with E-state index in [2.05, 4.69) is 46.4 Å². The number of aromatic nitrogens is 2. The Balaban J connectivity index is 1.66. The molecule has 0 bridgehead atoms. The maximum atomic E-state index is 12.3. The van der Waals surface area contributed by atoms with Crippen LogP contribution in [0.4, 0.5) is 5.13 Å². The molecule has 1 aliphatic heterocycles. The molecule has 6 nitrogen and oxygen atoms in total. The van der Waals surface area contributed by atoms with Gasteiger partial charge in [-0.2, -0.15) is 0 Å². The van der Waals surface area contributed by atoms with Gasteiger partial charge in [-0.05, 0) is 19.4 Å². The summed E-state index contributed by atoms with van der Waals surface area (Å²) in [6, 6.07) is 10.1. The van der Waals surface area contributed by atoms with Crippen LogP contribution < -0.4 is 5.32 Å². The molecule has 0 radical (unpaired) electrons. The van der Waals surface area contributed by atoms with E-state index in [4.69, 9.17) is 4.74 Å². The summed E-state index contributed by atoms with van der Waals surface area (Å²) in [6.45, 7) is 5.75. The summed E-state index contributed by atoms with van der Waals surface area (Å²) < 4.78 is 6.00. The molecule has 1 atom stereocenters. The first kappa shape index (κ1) is 16.0. The highest BCUT2D eigenvalue weighted by atomic mass is 32.1. The van der Waals surface area contributed by atoms with Gasteiger partial charge in [-0.1, -0.05) is 41.7 Å².